The zero-order chi connectivity index (χ0) is 15.6. The average Bonchev–Trinajstić information content (AvgIpc) is 3.17. The van der Waals surface area contributed by atoms with Crippen molar-refractivity contribution in [2.45, 2.75) is 51.1 Å². The highest BCUT2D eigenvalue weighted by Crippen LogP contribution is 2.38. The highest BCUT2D eigenvalue weighted by atomic mass is 16.2. The molecule has 3 aliphatic rings. The number of likely N-dealkylation sites (tertiary alicyclic amines) is 2. The highest BCUT2D eigenvalue weighted by Gasteiger charge is 2.41. The molecule has 1 saturated carbocycles. The molecule has 1 aliphatic carbocycles. The topological polar surface area (TPSA) is 36.4 Å². The van der Waals surface area contributed by atoms with E-state index in [2.05, 4.69) is 20.9 Å². The van der Waals surface area contributed by atoms with E-state index in [1.165, 1.54) is 37.7 Å². The fraction of sp³-hybridized carbons (Fsp3) is 0.684. The number of hydrogen-bond acceptors (Lipinski definition) is 3. The summed E-state index contributed by atoms with van der Waals surface area (Å²) in [5.41, 5.74) is 1.21. The van der Waals surface area contributed by atoms with Gasteiger partial charge in [0.25, 0.3) is 0 Å². The highest BCUT2D eigenvalue weighted by molar-refractivity contribution is 5.82. The van der Waals surface area contributed by atoms with E-state index in [-0.39, 0.29) is 6.04 Å². The summed E-state index contributed by atoms with van der Waals surface area (Å²) in [6.07, 6.45) is 11.2. The Morgan fingerprint density at radius 2 is 1.96 bits per heavy atom. The van der Waals surface area contributed by atoms with Gasteiger partial charge in [-0.15, -0.1) is 0 Å². The van der Waals surface area contributed by atoms with E-state index >= 15 is 0 Å². The summed E-state index contributed by atoms with van der Waals surface area (Å²) in [5.74, 6) is 1.96. The molecule has 3 fully saturated rings. The Labute approximate surface area is 138 Å². The second-order valence-corrected chi connectivity index (χ2v) is 7.54. The summed E-state index contributed by atoms with van der Waals surface area (Å²) >= 11 is 0. The van der Waals surface area contributed by atoms with Crippen LogP contribution in [0.1, 0.15) is 44.1 Å². The second kappa shape index (κ2) is 6.60. The zero-order valence-electron chi connectivity index (χ0n) is 13.9. The SMILES string of the molecule is O=C([C@H]1CCCCN1Cc1cccnc1)N1C[C@H]2CCC[C@H]2C1. The normalized spacial score (nSPS) is 31.3. The van der Waals surface area contributed by atoms with Gasteiger partial charge in [0.1, 0.15) is 0 Å². The van der Waals surface area contributed by atoms with Gasteiger partial charge < -0.3 is 4.90 Å². The molecule has 0 N–H and O–H groups in total. The Bertz CT molecular complexity index is 535. The van der Waals surface area contributed by atoms with Crippen molar-refractivity contribution in [1.29, 1.82) is 0 Å². The summed E-state index contributed by atoms with van der Waals surface area (Å²) in [6, 6.07) is 4.18. The molecule has 4 heteroatoms. The van der Waals surface area contributed by atoms with Crippen molar-refractivity contribution in [3.63, 3.8) is 0 Å². The lowest BCUT2D eigenvalue weighted by molar-refractivity contribution is -0.137. The lowest BCUT2D eigenvalue weighted by atomic mass is 10.00. The fourth-order valence-electron chi connectivity index (χ4n) is 4.81. The summed E-state index contributed by atoms with van der Waals surface area (Å²) in [5, 5.41) is 0. The Balaban J connectivity index is 1.43. The van der Waals surface area contributed by atoms with Gasteiger partial charge in [-0.05, 0) is 55.7 Å². The molecule has 4 nitrogen and oxygen atoms in total. The molecule has 1 aromatic rings. The first-order valence-corrected chi connectivity index (χ1v) is 9.23. The van der Waals surface area contributed by atoms with Gasteiger partial charge in [-0.2, -0.15) is 0 Å². The van der Waals surface area contributed by atoms with E-state index in [4.69, 9.17) is 0 Å². The van der Waals surface area contributed by atoms with Crippen molar-refractivity contribution in [2.24, 2.45) is 11.8 Å². The predicted molar refractivity (Wildman–Crippen MR) is 89.7 cm³/mol. The molecule has 1 amide bonds. The number of carbonyl (C=O) groups excluding carboxylic acids is 1. The molecular weight excluding hydrogens is 286 g/mol. The molecule has 3 heterocycles. The Morgan fingerprint density at radius 3 is 2.70 bits per heavy atom. The van der Waals surface area contributed by atoms with Crippen LogP contribution in [-0.4, -0.2) is 46.4 Å². The molecule has 2 aliphatic heterocycles. The van der Waals surface area contributed by atoms with E-state index in [9.17, 15) is 4.79 Å². The first kappa shape index (κ1) is 15.1. The number of rotatable bonds is 3. The molecule has 0 radical (unpaired) electrons. The number of nitrogens with zero attached hydrogens (tertiary/aromatic N) is 3. The monoisotopic (exact) mass is 313 g/mol. The number of fused-ring (bicyclic) bond motifs is 1. The molecule has 0 aromatic carbocycles. The lowest BCUT2D eigenvalue weighted by Gasteiger charge is -2.37. The summed E-state index contributed by atoms with van der Waals surface area (Å²) in [7, 11) is 0. The van der Waals surface area contributed by atoms with Gasteiger partial charge in [0.2, 0.25) is 5.91 Å². The molecule has 124 valence electrons. The van der Waals surface area contributed by atoms with Crippen molar-refractivity contribution in [2.75, 3.05) is 19.6 Å². The standard InChI is InChI=1S/C19H27N3O/c23-19(22-13-16-6-3-7-17(16)14-22)18-8-1-2-10-21(18)12-15-5-4-9-20-11-15/h4-5,9,11,16-18H,1-3,6-8,10,12-14H2/t16-,17+,18-/m1/s1. The van der Waals surface area contributed by atoms with Crippen molar-refractivity contribution < 1.29 is 4.79 Å². The molecule has 3 atom stereocenters. The zero-order valence-corrected chi connectivity index (χ0v) is 13.9. The average molecular weight is 313 g/mol. The van der Waals surface area contributed by atoms with E-state index in [1.807, 2.05) is 18.5 Å². The number of aromatic nitrogens is 1. The van der Waals surface area contributed by atoms with Crippen LogP contribution >= 0.6 is 0 Å². The first-order valence-electron chi connectivity index (χ1n) is 9.23. The summed E-state index contributed by atoms with van der Waals surface area (Å²) in [6.45, 7) is 3.92. The third kappa shape index (κ3) is 3.14. The first-order chi connectivity index (χ1) is 11.3. The van der Waals surface area contributed by atoms with Gasteiger partial charge in [-0.3, -0.25) is 14.7 Å². The Hall–Kier alpha value is -1.42. The van der Waals surface area contributed by atoms with Crippen LogP contribution < -0.4 is 0 Å². The Kier molecular flexibility index (Phi) is 4.34. The smallest absolute Gasteiger partial charge is 0.239 e. The van der Waals surface area contributed by atoms with Gasteiger partial charge >= 0.3 is 0 Å². The molecule has 0 bridgehead atoms. The van der Waals surface area contributed by atoms with Crippen LogP contribution in [0.5, 0.6) is 0 Å². The van der Waals surface area contributed by atoms with Gasteiger partial charge in [0.05, 0.1) is 6.04 Å². The largest absolute Gasteiger partial charge is 0.341 e. The van der Waals surface area contributed by atoms with Gasteiger partial charge in [0, 0.05) is 32.0 Å². The molecule has 0 spiro atoms. The predicted octanol–water partition coefficient (Wildman–Crippen LogP) is 2.69. The quantitative estimate of drug-likeness (QED) is 0.861. The van der Waals surface area contributed by atoms with Crippen LogP contribution in [0.25, 0.3) is 0 Å². The number of carbonyl (C=O) groups is 1. The minimum atomic E-state index is 0.0859. The van der Waals surface area contributed by atoms with Crippen molar-refractivity contribution in [3.8, 4) is 0 Å². The lowest BCUT2D eigenvalue weighted by Crippen LogP contribution is -2.50. The maximum absolute atomic E-state index is 13.1. The van der Waals surface area contributed by atoms with Crippen LogP contribution in [0.15, 0.2) is 24.5 Å². The second-order valence-electron chi connectivity index (χ2n) is 7.54. The molecule has 0 unspecified atom stereocenters. The van der Waals surface area contributed by atoms with Gasteiger partial charge in [-0.1, -0.05) is 18.9 Å². The third-order valence-electron chi connectivity index (χ3n) is 6.05. The summed E-state index contributed by atoms with van der Waals surface area (Å²) in [4.78, 5) is 21.9. The molecule has 23 heavy (non-hydrogen) atoms. The van der Waals surface area contributed by atoms with Crippen LogP contribution in [-0.2, 0) is 11.3 Å². The molecule has 1 aromatic heterocycles. The number of pyridine rings is 1. The fourth-order valence-corrected chi connectivity index (χ4v) is 4.81. The van der Waals surface area contributed by atoms with Crippen molar-refractivity contribution >= 4 is 5.91 Å². The Morgan fingerprint density at radius 1 is 1.13 bits per heavy atom. The molecular formula is C19H27N3O. The number of piperidine rings is 1. The number of hydrogen-bond donors (Lipinski definition) is 0. The van der Waals surface area contributed by atoms with E-state index in [0.717, 1.165) is 44.4 Å². The van der Waals surface area contributed by atoms with E-state index < -0.39 is 0 Å². The molecule has 2 saturated heterocycles. The summed E-state index contributed by atoms with van der Waals surface area (Å²) < 4.78 is 0. The van der Waals surface area contributed by atoms with Crippen LogP contribution in [0.3, 0.4) is 0 Å². The van der Waals surface area contributed by atoms with E-state index in [1.54, 1.807) is 0 Å². The van der Waals surface area contributed by atoms with E-state index in [0.29, 0.717) is 5.91 Å². The van der Waals surface area contributed by atoms with Gasteiger partial charge in [0.15, 0.2) is 0 Å². The number of amides is 1. The van der Waals surface area contributed by atoms with Crippen molar-refractivity contribution in [1.82, 2.24) is 14.8 Å². The maximum atomic E-state index is 13.1. The van der Waals surface area contributed by atoms with Crippen LogP contribution in [0.2, 0.25) is 0 Å². The minimum absolute atomic E-state index is 0.0859. The maximum Gasteiger partial charge on any atom is 0.239 e. The minimum Gasteiger partial charge on any atom is -0.341 e. The van der Waals surface area contributed by atoms with Crippen molar-refractivity contribution in [3.05, 3.63) is 30.1 Å². The van der Waals surface area contributed by atoms with Gasteiger partial charge in [-0.25, -0.2) is 0 Å². The van der Waals surface area contributed by atoms with Crippen LogP contribution in [0.4, 0.5) is 0 Å². The molecule has 4 rings (SSSR count). The third-order valence-corrected chi connectivity index (χ3v) is 6.05. The van der Waals surface area contributed by atoms with Crippen LogP contribution in [0, 0.1) is 11.8 Å².